The van der Waals surface area contributed by atoms with Crippen LogP contribution in [-0.2, 0) is 21.3 Å². The van der Waals surface area contributed by atoms with Gasteiger partial charge in [-0.3, -0.25) is 9.00 Å². The van der Waals surface area contributed by atoms with Crippen LogP contribution in [0.3, 0.4) is 0 Å². The van der Waals surface area contributed by atoms with Gasteiger partial charge in [-0.15, -0.1) is 11.3 Å². The molecule has 7 heteroatoms. The van der Waals surface area contributed by atoms with Crippen molar-refractivity contribution in [3.8, 4) is 10.6 Å². The van der Waals surface area contributed by atoms with E-state index in [9.17, 15) is 13.4 Å². The van der Waals surface area contributed by atoms with Crippen molar-refractivity contribution in [1.29, 1.82) is 0 Å². The number of nitrogens with zero attached hydrogens (tertiary/aromatic N) is 1. The minimum atomic E-state index is -1.28. The van der Waals surface area contributed by atoms with Crippen LogP contribution in [0, 0.1) is 5.82 Å². The summed E-state index contributed by atoms with van der Waals surface area (Å²) in [6, 6.07) is 6.37. The van der Waals surface area contributed by atoms with Crippen molar-refractivity contribution in [2.24, 2.45) is 0 Å². The fourth-order valence-electron chi connectivity index (χ4n) is 2.80. The number of halogens is 1. The molecule has 0 aliphatic heterocycles. The molecule has 1 N–H and O–H groups in total. The molecule has 1 aliphatic carbocycles. The maximum absolute atomic E-state index is 13.0. The largest absolute Gasteiger partial charge is 0.353 e. The van der Waals surface area contributed by atoms with E-state index >= 15 is 0 Å². The summed E-state index contributed by atoms with van der Waals surface area (Å²) in [5, 5.41) is 5.55. The number of hydrogen-bond acceptors (Lipinski definition) is 4. The summed E-state index contributed by atoms with van der Waals surface area (Å²) in [6.45, 7) is 0. The minimum Gasteiger partial charge on any atom is -0.353 e. The second kappa shape index (κ2) is 7.98. The number of aromatic nitrogens is 1. The van der Waals surface area contributed by atoms with Crippen molar-refractivity contribution in [1.82, 2.24) is 10.3 Å². The Morgan fingerprint density at radius 1 is 1.29 bits per heavy atom. The molecule has 1 amide bonds. The second-order valence-electron chi connectivity index (χ2n) is 5.93. The Kier molecular flexibility index (Phi) is 5.73. The van der Waals surface area contributed by atoms with Crippen LogP contribution in [0.1, 0.15) is 31.4 Å². The van der Waals surface area contributed by atoms with Crippen LogP contribution in [0.4, 0.5) is 4.39 Å². The SMILES string of the molecule is O=C(CS(=O)Cc1csc(-c2ccc(F)cc2)n1)NC1CCCC1. The lowest BCUT2D eigenvalue weighted by Crippen LogP contribution is -2.35. The van der Waals surface area contributed by atoms with E-state index in [1.807, 2.05) is 5.38 Å². The standard InChI is InChI=1S/C17H19FN2O2S2/c18-13-7-5-12(6-8-13)17-20-15(9-23-17)10-24(22)11-16(21)19-14-3-1-2-4-14/h5-9,14H,1-4,10-11H2,(H,19,21). The van der Waals surface area contributed by atoms with Gasteiger partial charge in [0.15, 0.2) is 0 Å². The number of thiazole rings is 1. The molecule has 24 heavy (non-hydrogen) atoms. The summed E-state index contributed by atoms with van der Waals surface area (Å²) in [6.07, 6.45) is 4.34. The minimum absolute atomic E-state index is 0.0138. The van der Waals surface area contributed by atoms with Gasteiger partial charge in [-0.25, -0.2) is 9.37 Å². The first kappa shape index (κ1) is 17.2. The molecule has 128 valence electrons. The first-order valence-electron chi connectivity index (χ1n) is 7.95. The van der Waals surface area contributed by atoms with Crippen molar-refractivity contribution in [2.75, 3.05) is 5.75 Å². The zero-order valence-corrected chi connectivity index (χ0v) is 14.8. The normalized spacial score (nSPS) is 16.2. The van der Waals surface area contributed by atoms with E-state index in [2.05, 4.69) is 10.3 Å². The zero-order valence-electron chi connectivity index (χ0n) is 13.2. The van der Waals surface area contributed by atoms with Crippen molar-refractivity contribution in [3.63, 3.8) is 0 Å². The Morgan fingerprint density at radius 3 is 2.71 bits per heavy atom. The predicted molar refractivity (Wildman–Crippen MR) is 94.6 cm³/mol. The first-order chi connectivity index (χ1) is 11.6. The highest BCUT2D eigenvalue weighted by Gasteiger charge is 2.18. The molecule has 0 spiro atoms. The van der Waals surface area contributed by atoms with Crippen LogP contribution in [-0.4, -0.2) is 26.9 Å². The van der Waals surface area contributed by atoms with E-state index in [0.29, 0.717) is 5.69 Å². The Balaban J connectivity index is 1.53. The Hall–Kier alpha value is -1.60. The molecular formula is C17H19FN2O2S2. The van der Waals surface area contributed by atoms with Gasteiger partial charge in [0.25, 0.3) is 0 Å². The van der Waals surface area contributed by atoms with Crippen LogP contribution in [0.15, 0.2) is 29.6 Å². The highest BCUT2D eigenvalue weighted by molar-refractivity contribution is 7.84. The third kappa shape index (κ3) is 4.70. The highest BCUT2D eigenvalue weighted by atomic mass is 32.2. The number of amides is 1. The predicted octanol–water partition coefficient (Wildman–Crippen LogP) is 3.26. The van der Waals surface area contributed by atoms with Crippen LogP contribution < -0.4 is 5.32 Å². The zero-order chi connectivity index (χ0) is 16.9. The Morgan fingerprint density at radius 2 is 2.00 bits per heavy atom. The third-order valence-corrected chi connectivity index (χ3v) is 6.11. The van der Waals surface area contributed by atoms with Gasteiger partial charge >= 0.3 is 0 Å². The Bertz CT molecular complexity index is 724. The van der Waals surface area contributed by atoms with Gasteiger partial charge in [-0.1, -0.05) is 12.8 Å². The molecule has 0 bridgehead atoms. The van der Waals surface area contributed by atoms with Gasteiger partial charge in [0.05, 0.1) is 11.4 Å². The summed E-state index contributed by atoms with van der Waals surface area (Å²) in [4.78, 5) is 16.3. The fourth-order valence-corrected chi connectivity index (χ4v) is 4.69. The number of nitrogens with one attached hydrogen (secondary N) is 1. The molecular weight excluding hydrogens is 347 g/mol. The summed E-state index contributed by atoms with van der Waals surface area (Å²) in [7, 11) is -1.28. The number of hydrogen-bond donors (Lipinski definition) is 1. The lowest BCUT2D eigenvalue weighted by Gasteiger charge is -2.11. The highest BCUT2D eigenvalue weighted by Crippen LogP contribution is 2.24. The topological polar surface area (TPSA) is 59.1 Å². The number of rotatable bonds is 6. The third-order valence-electron chi connectivity index (χ3n) is 3.96. The molecule has 3 rings (SSSR count). The van der Waals surface area contributed by atoms with E-state index in [1.165, 1.54) is 23.5 Å². The second-order valence-corrected chi connectivity index (χ2v) is 8.24. The average molecular weight is 366 g/mol. The van der Waals surface area contributed by atoms with Crippen LogP contribution in [0.5, 0.6) is 0 Å². The van der Waals surface area contributed by atoms with Crippen molar-refractivity contribution in [3.05, 3.63) is 41.2 Å². The van der Waals surface area contributed by atoms with Gasteiger partial charge < -0.3 is 5.32 Å². The summed E-state index contributed by atoms with van der Waals surface area (Å²) in [5.74, 6) is -0.158. The molecule has 2 aromatic rings. The molecule has 1 fully saturated rings. The number of carbonyl (C=O) groups is 1. The van der Waals surface area contributed by atoms with Gasteiger partial charge in [-0.2, -0.15) is 0 Å². The van der Waals surface area contributed by atoms with E-state index < -0.39 is 10.8 Å². The van der Waals surface area contributed by atoms with Gasteiger partial charge in [-0.05, 0) is 37.1 Å². The maximum Gasteiger partial charge on any atom is 0.232 e. The quantitative estimate of drug-likeness (QED) is 0.854. The summed E-state index contributed by atoms with van der Waals surface area (Å²) < 4.78 is 25.1. The van der Waals surface area contributed by atoms with E-state index in [0.717, 1.165) is 36.3 Å². The van der Waals surface area contributed by atoms with E-state index in [-0.39, 0.29) is 29.3 Å². The van der Waals surface area contributed by atoms with Crippen LogP contribution >= 0.6 is 11.3 Å². The molecule has 1 atom stereocenters. The molecule has 1 aromatic heterocycles. The van der Waals surface area contributed by atoms with Crippen molar-refractivity contribution in [2.45, 2.75) is 37.5 Å². The van der Waals surface area contributed by atoms with Crippen LogP contribution in [0.25, 0.3) is 10.6 Å². The number of benzene rings is 1. The fraction of sp³-hybridized carbons (Fsp3) is 0.412. The molecule has 0 radical (unpaired) electrons. The molecule has 4 nitrogen and oxygen atoms in total. The average Bonchev–Trinajstić information content (AvgIpc) is 3.19. The monoisotopic (exact) mass is 366 g/mol. The maximum atomic E-state index is 13.0. The smallest absolute Gasteiger partial charge is 0.232 e. The molecule has 1 saturated carbocycles. The Labute approximate surface area is 147 Å². The molecule has 0 saturated heterocycles. The lowest BCUT2D eigenvalue weighted by molar-refractivity contribution is -0.119. The summed E-state index contributed by atoms with van der Waals surface area (Å²) in [5.41, 5.74) is 1.53. The molecule has 1 aromatic carbocycles. The van der Waals surface area contributed by atoms with Gasteiger partial charge in [0, 0.05) is 27.8 Å². The molecule has 1 unspecified atom stereocenters. The molecule has 1 aliphatic rings. The molecule has 1 heterocycles. The van der Waals surface area contributed by atoms with Gasteiger partial charge in [0.1, 0.15) is 16.6 Å². The first-order valence-corrected chi connectivity index (χ1v) is 10.3. The van der Waals surface area contributed by atoms with Crippen LogP contribution in [0.2, 0.25) is 0 Å². The van der Waals surface area contributed by atoms with E-state index in [4.69, 9.17) is 0 Å². The lowest BCUT2D eigenvalue weighted by atomic mass is 10.2. The number of carbonyl (C=O) groups excluding carboxylic acids is 1. The summed E-state index contributed by atoms with van der Waals surface area (Å²) >= 11 is 1.43. The van der Waals surface area contributed by atoms with E-state index in [1.54, 1.807) is 12.1 Å². The van der Waals surface area contributed by atoms with Gasteiger partial charge in [0.2, 0.25) is 5.91 Å². The van der Waals surface area contributed by atoms with Crippen molar-refractivity contribution < 1.29 is 13.4 Å². The van der Waals surface area contributed by atoms with Crippen molar-refractivity contribution >= 4 is 28.0 Å².